The number of aryl methyl sites for hydroxylation is 1. The number of halogens is 3. The molecule has 1 aliphatic heterocycles. The van der Waals surface area contributed by atoms with E-state index in [0.717, 1.165) is 11.3 Å². The van der Waals surface area contributed by atoms with Crippen LogP contribution in [0.25, 0.3) is 10.6 Å². The second-order valence-electron chi connectivity index (χ2n) is 7.70. The van der Waals surface area contributed by atoms with Gasteiger partial charge in [-0.15, -0.1) is 0 Å². The molecule has 1 aromatic carbocycles. The molecule has 3 heterocycles. The van der Waals surface area contributed by atoms with E-state index in [-0.39, 0.29) is 33.5 Å². The minimum atomic E-state index is -2.98. The van der Waals surface area contributed by atoms with Crippen LogP contribution in [-0.2, 0) is 7.05 Å². The van der Waals surface area contributed by atoms with Gasteiger partial charge in [-0.25, -0.2) is 18.2 Å². The number of benzene rings is 1. The monoisotopic (exact) mass is 465 g/mol. The van der Waals surface area contributed by atoms with Gasteiger partial charge in [0.05, 0.1) is 12.7 Å². The van der Waals surface area contributed by atoms with E-state index in [2.05, 4.69) is 15.4 Å². The number of aromatic nitrogens is 3. The number of nitrogens with two attached hydrogens (primary N) is 2. The summed E-state index contributed by atoms with van der Waals surface area (Å²) in [6.45, 7) is -0.255. The topological polar surface area (TPSA) is 115 Å². The molecule has 5 N–H and O–H groups in total. The van der Waals surface area contributed by atoms with Crippen LogP contribution in [0.2, 0.25) is 0 Å². The number of anilines is 3. The van der Waals surface area contributed by atoms with Gasteiger partial charge >= 0.3 is 0 Å². The van der Waals surface area contributed by atoms with Crippen LogP contribution >= 0.6 is 11.3 Å². The van der Waals surface area contributed by atoms with Gasteiger partial charge in [-0.05, 0) is 18.6 Å². The van der Waals surface area contributed by atoms with Gasteiger partial charge in [0.1, 0.15) is 21.5 Å². The zero-order valence-corrected chi connectivity index (χ0v) is 18.0. The lowest BCUT2D eigenvalue weighted by Crippen LogP contribution is -2.37. The van der Waals surface area contributed by atoms with Crippen LogP contribution < -0.4 is 21.7 Å². The average Bonchev–Trinajstić information content (AvgIpc) is 3.23. The number of nitrogen functional groups attached to an aromatic ring is 1. The Morgan fingerprint density at radius 2 is 2.09 bits per heavy atom. The predicted octanol–water partition coefficient (Wildman–Crippen LogP) is 3.08. The smallest absolute Gasteiger partial charge is 0.277 e. The lowest BCUT2D eigenvalue weighted by Gasteiger charge is -2.26. The maximum absolute atomic E-state index is 14.3. The number of carbonyl (C=O) groups is 1. The van der Waals surface area contributed by atoms with Crippen LogP contribution in [0.1, 0.15) is 23.3 Å². The Balaban J connectivity index is 1.60. The number of nitrogens with one attached hydrogen (secondary N) is 1. The number of hydrogen-bond acceptors (Lipinski definition) is 7. The molecule has 0 aliphatic carbocycles. The van der Waals surface area contributed by atoms with Crippen molar-refractivity contribution in [3.8, 4) is 10.6 Å². The summed E-state index contributed by atoms with van der Waals surface area (Å²) < 4.78 is 44.1. The van der Waals surface area contributed by atoms with Crippen LogP contribution in [0.3, 0.4) is 0 Å². The van der Waals surface area contributed by atoms with Crippen LogP contribution in [0, 0.1) is 5.82 Å². The molecule has 12 heteroatoms. The molecular weight excluding hydrogens is 443 g/mol. The first-order valence-electron chi connectivity index (χ1n) is 9.87. The van der Waals surface area contributed by atoms with E-state index < -0.39 is 36.7 Å². The Morgan fingerprint density at radius 1 is 1.34 bits per heavy atom. The van der Waals surface area contributed by atoms with Gasteiger partial charge in [0.15, 0.2) is 11.5 Å². The van der Waals surface area contributed by atoms with Crippen molar-refractivity contribution < 1.29 is 18.0 Å². The highest BCUT2D eigenvalue weighted by molar-refractivity contribution is 7.19. The molecule has 0 saturated carbocycles. The van der Waals surface area contributed by atoms with Crippen molar-refractivity contribution in [1.82, 2.24) is 14.8 Å². The zero-order valence-electron chi connectivity index (χ0n) is 17.2. The molecule has 1 atom stereocenters. The van der Waals surface area contributed by atoms with Crippen molar-refractivity contribution >= 4 is 33.8 Å². The van der Waals surface area contributed by atoms with E-state index in [0.29, 0.717) is 12.2 Å². The summed E-state index contributed by atoms with van der Waals surface area (Å²) in [7, 11) is 1.60. The fraction of sp³-hybridized carbons (Fsp3) is 0.350. The van der Waals surface area contributed by atoms with Gasteiger partial charge in [-0.3, -0.25) is 9.48 Å². The zero-order chi connectivity index (χ0) is 23.0. The minimum Gasteiger partial charge on any atom is -0.389 e. The molecular formula is C20H22F3N7OS. The average molecular weight is 466 g/mol. The highest BCUT2D eigenvalue weighted by Gasteiger charge is 2.38. The largest absolute Gasteiger partial charge is 0.389 e. The Bertz CT molecular complexity index is 1150. The minimum absolute atomic E-state index is 0.0775. The van der Waals surface area contributed by atoms with Gasteiger partial charge in [0.25, 0.3) is 11.8 Å². The lowest BCUT2D eigenvalue weighted by atomic mass is 10.1. The first-order valence-corrected chi connectivity index (χ1v) is 10.7. The molecule has 2 aromatic heterocycles. The van der Waals surface area contributed by atoms with Gasteiger partial charge in [-0.2, -0.15) is 5.10 Å². The molecule has 1 aliphatic rings. The van der Waals surface area contributed by atoms with Crippen molar-refractivity contribution in [2.75, 3.05) is 29.0 Å². The standard InChI is InChI=1S/C20H22F3N7OS/c1-29-19(30-7-6-11(24)8-20(22,23)10-30)14(9-26-29)27-17(31)15-16(25)32-18(28-15)12-4-2-3-5-13(12)21/h2-5,9,11H,6-8,10,24-25H2,1H3,(H,27,31)/t11-/m0/s1. The summed E-state index contributed by atoms with van der Waals surface area (Å²) in [5.74, 6) is -3.78. The maximum atomic E-state index is 14.3. The third-order valence-electron chi connectivity index (χ3n) is 5.18. The molecule has 0 unspecified atom stereocenters. The van der Waals surface area contributed by atoms with Crippen molar-refractivity contribution in [3.63, 3.8) is 0 Å². The molecule has 170 valence electrons. The number of thiazole rings is 1. The fourth-order valence-corrected chi connectivity index (χ4v) is 4.59. The van der Waals surface area contributed by atoms with Gasteiger partial charge < -0.3 is 21.7 Å². The van der Waals surface area contributed by atoms with E-state index in [9.17, 15) is 18.0 Å². The first kappa shape index (κ1) is 22.1. The highest BCUT2D eigenvalue weighted by Crippen LogP contribution is 2.35. The number of nitrogens with zero attached hydrogens (tertiary/aromatic N) is 4. The van der Waals surface area contributed by atoms with Gasteiger partial charge in [0.2, 0.25) is 0 Å². The van der Waals surface area contributed by atoms with E-state index in [1.807, 2.05) is 0 Å². The molecule has 0 bridgehead atoms. The molecule has 1 saturated heterocycles. The van der Waals surface area contributed by atoms with Crippen LogP contribution in [0.4, 0.5) is 29.7 Å². The molecule has 32 heavy (non-hydrogen) atoms. The van der Waals surface area contributed by atoms with E-state index in [1.54, 1.807) is 25.2 Å². The Hall–Kier alpha value is -3.12. The Labute approximate surface area is 186 Å². The van der Waals surface area contributed by atoms with Gasteiger partial charge in [-0.1, -0.05) is 23.5 Å². The quantitative estimate of drug-likeness (QED) is 0.546. The molecule has 4 rings (SSSR count). The Kier molecular flexibility index (Phi) is 5.82. The van der Waals surface area contributed by atoms with Gasteiger partial charge in [0, 0.05) is 31.6 Å². The second-order valence-corrected chi connectivity index (χ2v) is 8.73. The summed E-state index contributed by atoms with van der Waals surface area (Å²) in [5.41, 5.74) is 12.2. The second kappa shape index (κ2) is 8.43. The summed E-state index contributed by atoms with van der Waals surface area (Å²) in [6.07, 6.45) is 1.34. The number of carbonyl (C=O) groups excluding carboxylic acids is 1. The van der Waals surface area contributed by atoms with E-state index in [1.165, 1.54) is 21.8 Å². The van der Waals surface area contributed by atoms with Crippen molar-refractivity contribution in [2.45, 2.75) is 24.8 Å². The lowest BCUT2D eigenvalue weighted by molar-refractivity contribution is -0.000526. The summed E-state index contributed by atoms with van der Waals surface area (Å²) in [5, 5.41) is 7.13. The first-order chi connectivity index (χ1) is 15.1. The van der Waals surface area contributed by atoms with E-state index >= 15 is 0 Å². The predicted molar refractivity (Wildman–Crippen MR) is 117 cm³/mol. The Morgan fingerprint density at radius 3 is 2.84 bits per heavy atom. The van der Waals surface area contributed by atoms with Crippen LogP contribution in [0.5, 0.6) is 0 Å². The van der Waals surface area contributed by atoms with Crippen molar-refractivity contribution in [2.24, 2.45) is 12.8 Å². The number of rotatable bonds is 4. The summed E-state index contributed by atoms with van der Waals surface area (Å²) in [4.78, 5) is 18.6. The number of hydrogen-bond donors (Lipinski definition) is 3. The number of alkyl halides is 2. The molecule has 3 aromatic rings. The summed E-state index contributed by atoms with van der Waals surface area (Å²) in [6, 6.07) is 5.41. The molecule has 0 radical (unpaired) electrons. The summed E-state index contributed by atoms with van der Waals surface area (Å²) >= 11 is 0.982. The fourth-order valence-electron chi connectivity index (χ4n) is 3.73. The van der Waals surface area contributed by atoms with Crippen molar-refractivity contribution in [1.29, 1.82) is 0 Å². The van der Waals surface area contributed by atoms with Crippen molar-refractivity contribution in [3.05, 3.63) is 42.0 Å². The third kappa shape index (κ3) is 4.41. The molecule has 1 fully saturated rings. The molecule has 1 amide bonds. The number of amides is 1. The normalized spacial score (nSPS) is 18.4. The molecule has 8 nitrogen and oxygen atoms in total. The third-order valence-corrected chi connectivity index (χ3v) is 6.10. The maximum Gasteiger partial charge on any atom is 0.277 e. The van der Waals surface area contributed by atoms with E-state index in [4.69, 9.17) is 11.5 Å². The highest BCUT2D eigenvalue weighted by atomic mass is 32.1. The molecule has 0 spiro atoms. The SMILES string of the molecule is Cn1ncc(NC(=O)c2nc(-c3ccccc3F)sc2N)c1N1CC[C@H](N)CC(F)(F)C1. The van der Waals surface area contributed by atoms with Crippen LogP contribution in [0.15, 0.2) is 30.5 Å². The van der Waals surface area contributed by atoms with Crippen LogP contribution in [-0.4, -0.2) is 45.7 Å².